The van der Waals surface area contributed by atoms with E-state index in [2.05, 4.69) is 25.7 Å². The fourth-order valence-electron chi connectivity index (χ4n) is 3.04. The van der Waals surface area contributed by atoms with Crippen molar-refractivity contribution in [2.24, 2.45) is 0 Å². The third kappa shape index (κ3) is 11.2. The Kier molecular flexibility index (Phi) is 11.4. The first-order valence-electron chi connectivity index (χ1n) is 11.6. The van der Waals surface area contributed by atoms with Gasteiger partial charge in [-0.05, 0) is 37.1 Å². The number of aromatic nitrogens is 2. The number of benzene rings is 1. The lowest BCUT2D eigenvalue weighted by molar-refractivity contribution is -0.274. The second-order valence-electron chi connectivity index (χ2n) is 7.87. The number of nitrogens with one attached hydrogen (secondary N) is 3. The number of esters is 1. The number of halogens is 3. The largest absolute Gasteiger partial charge is 0.573 e. The molecule has 0 saturated carbocycles. The molecule has 0 saturated heterocycles. The van der Waals surface area contributed by atoms with Crippen molar-refractivity contribution in [1.29, 1.82) is 0 Å². The number of imidazole rings is 1. The SMILES string of the molecule is CCCCn1cc(NC(=O)Nc2ccc(OC(F)(F)F)cc2)nc1C(=O)NCCOC(=O)CCCC(=O)O. The lowest BCUT2D eigenvalue weighted by Crippen LogP contribution is -2.30. The summed E-state index contributed by atoms with van der Waals surface area (Å²) in [5.74, 6) is -2.53. The zero-order valence-electron chi connectivity index (χ0n) is 20.5. The van der Waals surface area contributed by atoms with Crippen LogP contribution in [0.15, 0.2) is 30.5 Å². The van der Waals surface area contributed by atoms with Gasteiger partial charge in [0.05, 0.1) is 6.54 Å². The Morgan fingerprint density at radius 3 is 2.39 bits per heavy atom. The minimum Gasteiger partial charge on any atom is -0.481 e. The van der Waals surface area contributed by atoms with E-state index >= 15 is 0 Å². The number of amides is 3. The molecule has 0 spiro atoms. The molecule has 208 valence electrons. The third-order valence-electron chi connectivity index (χ3n) is 4.74. The standard InChI is InChI=1S/C23H28F3N5O7/c1-2-3-12-31-14-17(30-22(36)28-15-7-9-16(10-8-15)38-23(24,25)26)29-20(31)21(35)27-11-13-37-19(34)6-4-5-18(32)33/h7-10,14H,2-6,11-13H2,1H3,(H,27,35)(H,32,33)(H2,28,30,36). The maximum Gasteiger partial charge on any atom is 0.573 e. The summed E-state index contributed by atoms with van der Waals surface area (Å²) in [4.78, 5) is 51.1. The first kappa shape index (κ1) is 29.9. The van der Waals surface area contributed by atoms with Crippen LogP contribution in [-0.2, 0) is 20.9 Å². The van der Waals surface area contributed by atoms with Crippen molar-refractivity contribution in [1.82, 2.24) is 14.9 Å². The zero-order valence-corrected chi connectivity index (χ0v) is 20.5. The van der Waals surface area contributed by atoms with Crippen molar-refractivity contribution >= 4 is 35.4 Å². The molecule has 1 aromatic carbocycles. The van der Waals surface area contributed by atoms with E-state index in [0.29, 0.717) is 6.54 Å². The van der Waals surface area contributed by atoms with Gasteiger partial charge in [0.1, 0.15) is 12.4 Å². The van der Waals surface area contributed by atoms with Crippen LogP contribution in [0.2, 0.25) is 0 Å². The van der Waals surface area contributed by atoms with Crippen LogP contribution in [0.3, 0.4) is 0 Å². The Morgan fingerprint density at radius 2 is 1.76 bits per heavy atom. The summed E-state index contributed by atoms with van der Waals surface area (Å²) in [6.45, 7) is 2.27. The van der Waals surface area contributed by atoms with Crippen LogP contribution >= 0.6 is 0 Å². The summed E-state index contributed by atoms with van der Waals surface area (Å²) in [5.41, 5.74) is 0.193. The lowest BCUT2D eigenvalue weighted by atomic mass is 10.2. The molecule has 0 aliphatic carbocycles. The summed E-state index contributed by atoms with van der Waals surface area (Å²) in [7, 11) is 0. The molecule has 0 fully saturated rings. The second kappa shape index (κ2) is 14.4. The molecule has 0 aliphatic heterocycles. The number of urea groups is 1. The average Bonchev–Trinajstić information content (AvgIpc) is 3.22. The number of alkyl halides is 3. The van der Waals surface area contributed by atoms with Gasteiger partial charge in [0, 0.05) is 31.3 Å². The van der Waals surface area contributed by atoms with Gasteiger partial charge >= 0.3 is 24.3 Å². The maximum absolute atomic E-state index is 12.6. The van der Waals surface area contributed by atoms with Crippen LogP contribution in [0.25, 0.3) is 0 Å². The minimum atomic E-state index is -4.83. The molecule has 2 rings (SSSR count). The third-order valence-corrected chi connectivity index (χ3v) is 4.74. The number of aliphatic carboxylic acids is 1. The highest BCUT2D eigenvalue weighted by molar-refractivity contribution is 5.99. The Hall–Kier alpha value is -4.30. The number of ether oxygens (including phenoxy) is 2. The number of hydrogen-bond donors (Lipinski definition) is 4. The van der Waals surface area contributed by atoms with Gasteiger partial charge in [0.2, 0.25) is 5.82 Å². The van der Waals surface area contributed by atoms with Gasteiger partial charge < -0.3 is 29.8 Å². The van der Waals surface area contributed by atoms with Crippen LogP contribution in [0.5, 0.6) is 5.75 Å². The van der Waals surface area contributed by atoms with Gasteiger partial charge in [0.25, 0.3) is 5.91 Å². The normalized spacial score (nSPS) is 10.9. The molecular weight excluding hydrogens is 515 g/mol. The highest BCUT2D eigenvalue weighted by Crippen LogP contribution is 2.24. The summed E-state index contributed by atoms with van der Waals surface area (Å²) in [5, 5.41) is 16.0. The molecule has 1 heterocycles. The van der Waals surface area contributed by atoms with Crippen LogP contribution in [0.4, 0.5) is 29.5 Å². The van der Waals surface area contributed by atoms with E-state index in [1.165, 1.54) is 18.3 Å². The number of carbonyl (C=O) groups excluding carboxylic acids is 3. The predicted octanol–water partition coefficient (Wildman–Crippen LogP) is 3.75. The molecule has 0 aliphatic rings. The molecule has 15 heteroatoms. The molecule has 12 nitrogen and oxygen atoms in total. The quantitative estimate of drug-likeness (QED) is 0.207. The van der Waals surface area contributed by atoms with Gasteiger partial charge in [-0.3, -0.25) is 19.7 Å². The van der Waals surface area contributed by atoms with Gasteiger partial charge in [-0.15, -0.1) is 13.2 Å². The van der Waals surface area contributed by atoms with Crippen molar-refractivity contribution in [2.75, 3.05) is 23.8 Å². The Morgan fingerprint density at radius 1 is 1.05 bits per heavy atom. The summed E-state index contributed by atoms with van der Waals surface area (Å²) in [6, 6.07) is 3.78. The number of nitrogens with zero attached hydrogens (tertiary/aromatic N) is 2. The van der Waals surface area contributed by atoms with Crippen LogP contribution < -0.4 is 20.7 Å². The van der Waals surface area contributed by atoms with E-state index in [-0.39, 0.29) is 49.7 Å². The molecule has 0 unspecified atom stereocenters. The maximum atomic E-state index is 12.6. The van der Waals surface area contributed by atoms with Crippen LogP contribution in [0.1, 0.15) is 49.6 Å². The van der Waals surface area contributed by atoms with Gasteiger partial charge in [-0.1, -0.05) is 13.3 Å². The van der Waals surface area contributed by atoms with Crippen molar-refractivity contribution in [3.05, 3.63) is 36.3 Å². The second-order valence-corrected chi connectivity index (χ2v) is 7.87. The van der Waals surface area contributed by atoms with Gasteiger partial charge in [0.15, 0.2) is 5.82 Å². The molecule has 1 aromatic heterocycles. The van der Waals surface area contributed by atoms with E-state index in [1.807, 2.05) is 6.92 Å². The van der Waals surface area contributed by atoms with E-state index in [4.69, 9.17) is 9.84 Å². The lowest BCUT2D eigenvalue weighted by Gasteiger charge is -2.10. The molecule has 4 N–H and O–H groups in total. The first-order chi connectivity index (χ1) is 18.0. The van der Waals surface area contributed by atoms with Crippen molar-refractivity contribution < 1.29 is 46.9 Å². The fourth-order valence-corrected chi connectivity index (χ4v) is 3.04. The minimum absolute atomic E-state index is 0.00943. The molecule has 38 heavy (non-hydrogen) atoms. The molecule has 0 atom stereocenters. The monoisotopic (exact) mass is 543 g/mol. The first-order valence-corrected chi connectivity index (χ1v) is 11.6. The molecule has 2 aromatic rings. The van der Waals surface area contributed by atoms with E-state index in [1.54, 1.807) is 4.57 Å². The number of carbonyl (C=O) groups is 4. The number of aryl methyl sites for hydroxylation is 1. The van der Waals surface area contributed by atoms with E-state index in [0.717, 1.165) is 25.0 Å². The van der Waals surface area contributed by atoms with Crippen molar-refractivity contribution in [3.63, 3.8) is 0 Å². The molecule has 0 radical (unpaired) electrons. The summed E-state index contributed by atoms with van der Waals surface area (Å²) < 4.78 is 47.1. The summed E-state index contributed by atoms with van der Waals surface area (Å²) >= 11 is 0. The molecule has 0 bridgehead atoms. The van der Waals surface area contributed by atoms with Crippen LogP contribution in [0, 0.1) is 0 Å². The Bertz CT molecular complexity index is 1100. The topological polar surface area (TPSA) is 161 Å². The smallest absolute Gasteiger partial charge is 0.481 e. The number of anilines is 2. The molecular formula is C23H28F3N5O7. The van der Waals surface area contributed by atoms with Crippen molar-refractivity contribution in [3.8, 4) is 5.75 Å². The Labute approximate surface area is 215 Å². The van der Waals surface area contributed by atoms with E-state index < -0.39 is 36.0 Å². The number of hydrogen-bond acceptors (Lipinski definition) is 7. The number of carboxylic acids is 1. The van der Waals surface area contributed by atoms with Crippen molar-refractivity contribution in [2.45, 2.75) is 51.9 Å². The summed E-state index contributed by atoms with van der Waals surface area (Å²) in [6.07, 6.45) is -1.87. The number of unbranched alkanes of at least 4 members (excludes halogenated alkanes) is 1. The average molecular weight is 543 g/mol. The van der Waals surface area contributed by atoms with Crippen LogP contribution in [-0.4, -0.2) is 58.0 Å². The van der Waals surface area contributed by atoms with Gasteiger partial charge in [-0.25, -0.2) is 9.78 Å². The predicted molar refractivity (Wildman–Crippen MR) is 128 cm³/mol. The Balaban J connectivity index is 1.91. The molecule has 3 amide bonds. The number of rotatable bonds is 14. The number of carboxylic acid groups (broad SMARTS) is 1. The van der Waals surface area contributed by atoms with Gasteiger partial charge in [-0.2, -0.15) is 0 Å². The fraction of sp³-hybridized carbons (Fsp3) is 0.435. The van der Waals surface area contributed by atoms with E-state index in [9.17, 15) is 32.3 Å². The zero-order chi connectivity index (χ0) is 28.1. The highest BCUT2D eigenvalue weighted by Gasteiger charge is 2.31. The highest BCUT2D eigenvalue weighted by atomic mass is 19.4.